The second-order valence-corrected chi connectivity index (χ2v) is 18.6. The van der Waals surface area contributed by atoms with E-state index in [0.29, 0.717) is 58.0 Å². The van der Waals surface area contributed by atoms with Gasteiger partial charge in [-0.15, -0.1) is 11.3 Å². The molecule has 0 spiro atoms. The quantitative estimate of drug-likeness (QED) is 0.0882. The smallest absolute Gasteiger partial charge is 0.411 e. The summed E-state index contributed by atoms with van der Waals surface area (Å²) in [5.74, 6) is -0.620. The van der Waals surface area contributed by atoms with Crippen molar-refractivity contribution < 1.29 is 38.1 Å². The molecular weight excluding hydrogens is 869 g/mol. The molecular formula is C55H61F2N3O6S. The number of amides is 2. The lowest BCUT2D eigenvalue weighted by Crippen LogP contribution is -2.49. The van der Waals surface area contributed by atoms with Gasteiger partial charge in [-0.05, 0) is 121 Å². The number of rotatable bonds is 16. The minimum absolute atomic E-state index is 0.0117. The Labute approximate surface area is 396 Å². The SMILES string of the molecule is CC(N)c1ccc(-c2ccc(C(C)N3CCC(CCCO)(c4ccccc4)OC3=O)cc2)s1.CCC(c1ccc(-c2ccc(F)cc2)cc1)N1CCC(CCCO)(c2ccc(F)cc2)OC1=O. The molecule has 5 atom stereocenters. The van der Waals surface area contributed by atoms with Crippen LogP contribution in [0.1, 0.15) is 111 Å². The van der Waals surface area contributed by atoms with Crippen molar-refractivity contribution in [3.63, 3.8) is 0 Å². The highest BCUT2D eigenvalue weighted by molar-refractivity contribution is 7.15. The van der Waals surface area contributed by atoms with E-state index in [-0.39, 0.29) is 49.1 Å². The molecule has 0 saturated carbocycles. The van der Waals surface area contributed by atoms with Gasteiger partial charge in [0.15, 0.2) is 0 Å². The number of hydrogen-bond acceptors (Lipinski definition) is 8. The standard InChI is InChI=1S/C28H29F2NO3.C27H32N2O3S/c1-2-26(22-6-4-20(5-7-22)21-8-12-24(29)13-9-21)31-18-17-28(16-3-19-32,34-27(31)33)23-10-14-25(30)15-11-23;1-19(28)24-13-14-25(33-24)22-11-9-21(10-12-22)20(2)29-17-16-27(15-6-18-30,32-26(29)31)23-7-4-3-5-8-23/h4-15,26,32H,2-3,16-19H2,1H3;3-5,7-14,19-20,30H,6,15-18,28H2,1-2H3. The predicted molar refractivity (Wildman–Crippen MR) is 260 cm³/mol. The van der Waals surface area contributed by atoms with Gasteiger partial charge in [0, 0.05) is 54.9 Å². The van der Waals surface area contributed by atoms with Crippen LogP contribution >= 0.6 is 11.3 Å². The van der Waals surface area contributed by atoms with E-state index in [0.717, 1.165) is 38.9 Å². The van der Waals surface area contributed by atoms with Gasteiger partial charge in [-0.2, -0.15) is 0 Å². The number of carbonyl (C=O) groups excluding carboxylic acids is 2. The van der Waals surface area contributed by atoms with Crippen LogP contribution in [0.2, 0.25) is 0 Å². The number of aliphatic hydroxyl groups excluding tert-OH is 2. The van der Waals surface area contributed by atoms with Crippen LogP contribution in [0.3, 0.4) is 0 Å². The Kier molecular flexibility index (Phi) is 16.3. The number of hydrogen-bond donors (Lipinski definition) is 3. The Hall–Kier alpha value is -5.92. The first-order valence-corrected chi connectivity index (χ1v) is 24.0. The van der Waals surface area contributed by atoms with Crippen LogP contribution in [0.4, 0.5) is 18.4 Å². The van der Waals surface area contributed by atoms with Crippen molar-refractivity contribution in [2.75, 3.05) is 26.3 Å². The molecule has 12 heteroatoms. The van der Waals surface area contributed by atoms with Gasteiger partial charge in [0.25, 0.3) is 0 Å². The zero-order valence-electron chi connectivity index (χ0n) is 38.5. The summed E-state index contributed by atoms with van der Waals surface area (Å²) in [5.41, 5.74) is 11.3. The molecule has 2 fully saturated rings. The van der Waals surface area contributed by atoms with Gasteiger partial charge < -0.3 is 35.2 Å². The van der Waals surface area contributed by atoms with E-state index < -0.39 is 17.3 Å². The van der Waals surface area contributed by atoms with Gasteiger partial charge >= 0.3 is 12.2 Å². The molecule has 2 aliphatic rings. The molecule has 5 unspecified atom stereocenters. The normalized spacial score (nSPS) is 19.7. The van der Waals surface area contributed by atoms with Crippen molar-refractivity contribution in [1.29, 1.82) is 0 Å². The number of ether oxygens (including phenoxy) is 2. The van der Waals surface area contributed by atoms with Gasteiger partial charge in [0.05, 0.1) is 12.1 Å². The fourth-order valence-corrected chi connectivity index (χ4v) is 10.2. The number of nitrogens with two attached hydrogens (primary N) is 1. The summed E-state index contributed by atoms with van der Waals surface area (Å²) in [7, 11) is 0. The molecule has 0 aliphatic carbocycles. The zero-order valence-corrected chi connectivity index (χ0v) is 39.3. The highest BCUT2D eigenvalue weighted by Gasteiger charge is 2.45. The average molecular weight is 930 g/mol. The molecule has 352 valence electrons. The number of carbonyl (C=O) groups is 2. The van der Waals surface area contributed by atoms with Crippen LogP contribution in [0, 0.1) is 11.6 Å². The Morgan fingerprint density at radius 1 is 0.627 bits per heavy atom. The topological polar surface area (TPSA) is 126 Å². The van der Waals surface area contributed by atoms with Crippen molar-refractivity contribution in [3.8, 4) is 21.6 Å². The number of aliphatic hydroxyl groups is 2. The number of nitrogens with zero attached hydrogens (tertiary/aromatic N) is 2. The highest BCUT2D eigenvalue weighted by atomic mass is 32.1. The van der Waals surface area contributed by atoms with Crippen molar-refractivity contribution in [1.82, 2.24) is 9.80 Å². The van der Waals surface area contributed by atoms with Gasteiger partial charge in [0.2, 0.25) is 0 Å². The Balaban J connectivity index is 0.000000199. The second kappa shape index (κ2) is 22.3. The van der Waals surface area contributed by atoms with Gasteiger partial charge in [-0.1, -0.05) is 110 Å². The van der Waals surface area contributed by atoms with Crippen molar-refractivity contribution in [2.24, 2.45) is 5.73 Å². The average Bonchev–Trinajstić information content (AvgIpc) is 3.86. The highest BCUT2D eigenvalue weighted by Crippen LogP contribution is 2.43. The Bertz CT molecular complexity index is 2520. The van der Waals surface area contributed by atoms with E-state index in [1.165, 1.54) is 34.0 Å². The molecule has 2 saturated heterocycles. The summed E-state index contributed by atoms with van der Waals surface area (Å²) < 4.78 is 38.9. The molecule has 9 nitrogen and oxygen atoms in total. The maximum Gasteiger partial charge on any atom is 0.411 e. The van der Waals surface area contributed by atoms with Crippen molar-refractivity contribution in [3.05, 3.63) is 178 Å². The summed E-state index contributed by atoms with van der Waals surface area (Å²) in [4.78, 5) is 32.3. The van der Waals surface area contributed by atoms with Gasteiger partial charge in [-0.25, -0.2) is 18.4 Å². The lowest BCUT2D eigenvalue weighted by atomic mass is 9.84. The van der Waals surface area contributed by atoms with Gasteiger partial charge in [-0.3, -0.25) is 0 Å². The maximum atomic E-state index is 13.5. The summed E-state index contributed by atoms with van der Waals surface area (Å²) in [6, 6.07) is 42.6. The summed E-state index contributed by atoms with van der Waals surface area (Å²) in [6.45, 7) is 7.22. The summed E-state index contributed by atoms with van der Waals surface area (Å²) in [6.07, 6.45) is 3.39. The van der Waals surface area contributed by atoms with E-state index in [9.17, 15) is 28.6 Å². The molecule has 8 rings (SSSR count). The monoisotopic (exact) mass is 929 g/mol. The van der Waals surface area contributed by atoms with Crippen molar-refractivity contribution >= 4 is 23.5 Å². The lowest BCUT2D eigenvalue weighted by molar-refractivity contribution is -0.0698. The van der Waals surface area contributed by atoms with E-state index in [1.807, 2.05) is 75.4 Å². The molecule has 0 bridgehead atoms. The van der Waals surface area contributed by atoms with E-state index in [2.05, 4.69) is 36.4 Å². The molecule has 2 amide bonds. The molecule has 4 N–H and O–H groups in total. The lowest BCUT2D eigenvalue weighted by Gasteiger charge is -2.44. The molecule has 3 heterocycles. The van der Waals surface area contributed by atoms with Crippen LogP contribution in [0.25, 0.3) is 21.6 Å². The minimum Gasteiger partial charge on any atom is -0.438 e. The first-order chi connectivity index (χ1) is 32.4. The van der Waals surface area contributed by atoms with Crippen LogP contribution < -0.4 is 5.73 Å². The van der Waals surface area contributed by atoms with Crippen LogP contribution in [0.15, 0.2) is 140 Å². The van der Waals surface area contributed by atoms with Crippen LogP contribution in [0.5, 0.6) is 0 Å². The summed E-state index contributed by atoms with van der Waals surface area (Å²) >= 11 is 1.71. The number of benzene rings is 5. The van der Waals surface area contributed by atoms with E-state index in [4.69, 9.17) is 15.2 Å². The van der Waals surface area contributed by atoms with Crippen LogP contribution in [-0.4, -0.2) is 58.5 Å². The fraction of sp³-hybridized carbons (Fsp3) is 0.345. The fourth-order valence-electron chi connectivity index (χ4n) is 9.28. The summed E-state index contributed by atoms with van der Waals surface area (Å²) in [5, 5.41) is 18.8. The molecule has 1 aromatic heterocycles. The third kappa shape index (κ3) is 11.4. The van der Waals surface area contributed by atoms with Gasteiger partial charge in [0.1, 0.15) is 22.8 Å². The Morgan fingerprint density at radius 2 is 1.10 bits per heavy atom. The first-order valence-electron chi connectivity index (χ1n) is 23.2. The van der Waals surface area contributed by atoms with Crippen molar-refractivity contribution in [2.45, 2.75) is 95.0 Å². The zero-order chi connectivity index (χ0) is 47.6. The maximum absolute atomic E-state index is 13.5. The predicted octanol–water partition coefficient (Wildman–Crippen LogP) is 12.6. The van der Waals surface area contributed by atoms with E-state index in [1.54, 1.807) is 45.4 Å². The third-order valence-electron chi connectivity index (χ3n) is 13.2. The molecule has 5 aromatic carbocycles. The van der Waals surface area contributed by atoms with Crippen LogP contribution in [-0.2, 0) is 20.7 Å². The molecule has 67 heavy (non-hydrogen) atoms. The first kappa shape index (κ1) is 49.0. The molecule has 2 aliphatic heterocycles. The number of halogens is 2. The minimum atomic E-state index is -0.880. The number of cyclic esters (lactones) is 2. The third-order valence-corrected chi connectivity index (χ3v) is 14.5. The van der Waals surface area contributed by atoms with E-state index >= 15 is 0 Å². The Morgan fingerprint density at radius 3 is 1.60 bits per heavy atom. The molecule has 6 aromatic rings. The number of thiophene rings is 1. The second-order valence-electron chi connectivity index (χ2n) is 17.5. The largest absolute Gasteiger partial charge is 0.438 e. The molecule has 0 radical (unpaired) electrons.